The molecule has 12 heavy (non-hydrogen) atoms. The van der Waals surface area contributed by atoms with Gasteiger partial charge in [0.15, 0.2) is 0 Å². The van der Waals surface area contributed by atoms with Gasteiger partial charge >= 0.3 is 0 Å². The van der Waals surface area contributed by atoms with Gasteiger partial charge < -0.3 is 0 Å². The third-order valence-corrected chi connectivity index (χ3v) is 2.59. The van der Waals surface area contributed by atoms with Crippen molar-refractivity contribution in [3.8, 4) is 0 Å². The quantitative estimate of drug-likeness (QED) is 0.628. The molecule has 0 aromatic heterocycles. The first kappa shape index (κ1) is 14.5. The third-order valence-electron chi connectivity index (χ3n) is 2.59. The Morgan fingerprint density at radius 2 is 1.67 bits per heavy atom. The molecule has 1 nitrogen and oxygen atoms in total. The van der Waals surface area contributed by atoms with Crippen LogP contribution in [-0.2, 0) is 0 Å². The smallest absolute Gasteiger partial charge is 0.0152 e. The highest BCUT2D eigenvalue weighted by Gasteiger charge is 2.23. The first-order valence-corrected chi connectivity index (χ1v) is 4.64. The van der Waals surface area contributed by atoms with Crippen molar-refractivity contribution in [2.75, 3.05) is 7.05 Å². The summed E-state index contributed by atoms with van der Waals surface area (Å²) >= 11 is 0. The number of nitrogens with zero attached hydrogens (tertiary/aromatic N) is 1. The lowest BCUT2D eigenvalue weighted by Gasteiger charge is -2.38. The minimum absolute atomic E-state index is 0. The molecule has 0 saturated carbocycles. The van der Waals surface area contributed by atoms with Crippen molar-refractivity contribution in [3.63, 3.8) is 0 Å². The third kappa shape index (κ3) is 4.10. The Balaban J connectivity index is 0. The first-order valence-electron chi connectivity index (χ1n) is 4.64. The zero-order valence-corrected chi connectivity index (χ0v) is 8.94. The molecule has 1 heteroatoms. The van der Waals surface area contributed by atoms with Gasteiger partial charge in [-0.15, -0.1) is 0 Å². The Morgan fingerprint density at radius 1 is 1.25 bits per heavy atom. The molecule has 0 spiro atoms. The fourth-order valence-corrected chi connectivity index (χ4v) is 1.49. The predicted octanol–water partition coefficient (Wildman–Crippen LogP) is 3.54. The van der Waals surface area contributed by atoms with Crippen molar-refractivity contribution >= 4 is 0 Å². The van der Waals surface area contributed by atoms with E-state index < -0.39 is 0 Å². The van der Waals surface area contributed by atoms with Gasteiger partial charge in [0.1, 0.15) is 0 Å². The Bertz CT molecular complexity index is 106. The number of rotatable bonds is 4. The van der Waals surface area contributed by atoms with Crippen molar-refractivity contribution in [2.24, 2.45) is 0 Å². The molecule has 0 atom stereocenters. The van der Waals surface area contributed by atoms with Gasteiger partial charge in [-0.3, -0.25) is 4.90 Å². The van der Waals surface area contributed by atoms with Gasteiger partial charge in [-0.05, 0) is 41.2 Å². The second-order valence-electron chi connectivity index (χ2n) is 4.27. The number of hydrogen-bond donors (Lipinski definition) is 0. The normalized spacial score (nSPS) is 12.0. The molecule has 0 heterocycles. The van der Waals surface area contributed by atoms with Crippen LogP contribution in [0.15, 0.2) is 0 Å². The SMILES string of the molecule is C.CCCC(C)(C)N(C)C(C)C. The maximum atomic E-state index is 2.44. The zero-order chi connectivity index (χ0) is 9.07. The van der Waals surface area contributed by atoms with Crippen LogP contribution in [0, 0.1) is 0 Å². The van der Waals surface area contributed by atoms with Crippen LogP contribution < -0.4 is 0 Å². The van der Waals surface area contributed by atoms with Crippen molar-refractivity contribution in [1.82, 2.24) is 4.90 Å². The van der Waals surface area contributed by atoms with Crippen LogP contribution in [0.3, 0.4) is 0 Å². The van der Waals surface area contributed by atoms with E-state index in [9.17, 15) is 0 Å². The van der Waals surface area contributed by atoms with Crippen LogP contribution in [0.25, 0.3) is 0 Å². The fraction of sp³-hybridized carbons (Fsp3) is 1.00. The standard InChI is InChI=1S/C10H23N.CH4/c1-7-8-10(4,5)11(6)9(2)3;/h9H,7-8H2,1-6H3;1H4. The average Bonchev–Trinajstić information content (AvgIpc) is 1.86. The summed E-state index contributed by atoms with van der Waals surface area (Å²) in [6.45, 7) is 11.4. The van der Waals surface area contributed by atoms with Gasteiger partial charge in [0.2, 0.25) is 0 Å². The predicted molar refractivity (Wildman–Crippen MR) is 58.6 cm³/mol. The molecule has 0 aliphatic rings. The highest BCUT2D eigenvalue weighted by atomic mass is 15.2. The van der Waals surface area contributed by atoms with E-state index in [1.165, 1.54) is 12.8 Å². The molecule has 0 rings (SSSR count). The van der Waals surface area contributed by atoms with Crippen LogP contribution in [0.4, 0.5) is 0 Å². The minimum Gasteiger partial charge on any atom is -0.299 e. The number of hydrogen-bond acceptors (Lipinski definition) is 1. The topological polar surface area (TPSA) is 3.24 Å². The minimum atomic E-state index is 0. The molecule has 0 unspecified atom stereocenters. The molecular weight excluding hydrogens is 146 g/mol. The second kappa shape index (κ2) is 5.58. The van der Waals surface area contributed by atoms with E-state index in [2.05, 4.69) is 46.6 Å². The summed E-state index contributed by atoms with van der Waals surface area (Å²) in [4.78, 5) is 2.44. The molecule has 0 aliphatic carbocycles. The van der Waals surface area contributed by atoms with Gasteiger partial charge in [0, 0.05) is 11.6 Å². The van der Waals surface area contributed by atoms with Crippen LogP contribution in [0.1, 0.15) is 54.9 Å². The molecule has 0 bridgehead atoms. The van der Waals surface area contributed by atoms with E-state index >= 15 is 0 Å². The summed E-state index contributed by atoms with van der Waals surface area (Å²) in [7, 11) is 2.21. The van der Waals surface area contributed by atoms with E-state index in [0.717, 1.165) is 0 Å². The molecule has 0 aromatic carbocycles. The maximum absolute atomic E-state index is 2.44. The molecule has 0 fully saturated rings. The Hall–Kier alpha value is -0.0400. The van der Waals surface area contributed by atoms with Crippen molar-refractivity contribution in [2.45, 2.75) is 66.5 Å². The molecular formula is C11H27N. The van der Waals surface area contributed by atoms with Gasteiger partial charge in [0.05, 0.1) is 0 Å². The van der Waals surface area contributed by atoms with Crippen LogP contribution in [0.5, 0.6) is 0 Å². The molecule has 0 aromatic rings. The van der Waals surface area contributed by atoms with Crippen molar-refractivity contribution in [3.05, 3.63) is 0 Å². The largest absolute Gasteiger partial charge is 0.299 e. The molecule has 0 amide bonds. The monoisotopic (exact) mass is 173 g/mol. The highest BCUT2D eigenvalue weighted by Crippen LogP contribution is 2.20. The summed E-state index contributed by atoms with van der Waals surface area (Å²) in [6.07, 6.45) is 2.55. The maximum Gasteiger partial charge on any atom is 0.0152 e. The first-order chi connectivity index (χ1) is 4.91. The van der Waals surface area contributed by atoms with Crippen molar-refractivity contribution in [1.29, 1.82) is 0 Å². The lowest BCUT2D eigenvalue weighted by Crippen LogP contribution is -2.44. The summed E-state index contributed by atoms with van der Waals surface area (Å²) < 4.78 is 0. The van der Waals surface area contributed by atoms with E-state index in [-0.39, 0.29) is 7.43 Å². The summed E-state index contributed by atoms with van der Waals surface area (Å²) in [5.41, 5.74) is 0.364. The van der Waals surface area contributed by atoms with Gasteiger partial charge in [-0.25, -0.2) is 0 Å². The summed E-state index contributed by atoms with van der Waals surface area (Å²) in [5.74, 6) is 0. The fourth-order valence-electron chi connectivity index (χ4n) is 1.49. The molecule has 0 N–H and O–H groups in total. The molecule has 76 valence electrons. The Morgan fingerprint density at radius 3 is 1.92 bits per heavy atom. The van der Waals surface area contributed by atoms with E-state index in [4.69, 9.17) is 0 Å². The molecule has 0 aliphatic heterocycles. The van der Waals surface area contributed by atoms with Gasteiger partial charge in [-0.1, -0.05) is 20.8 Å². The molecule has 0 saturated heterocycles. The lowest BCUT2D eigenvalue weighted by molar-refractivity contribution is 0.109. The Labute approximate surface area is 79.2 Å². The lowest BCUT2D eigenvalue weighted by atomic mass is 9.96. The average molecular weight is 173 g/mol. The zero-order valence-electron chi connectivity index (χ0n) is 8.94. The van der Waals surface area contributed by atoms with Gasteiger partial charge in [-0.2, -0.15) is 0 Å². The van der Waals surface area contributed by atoms with Crippen LogP contribution in [0.2, 0.25) is 0 Å². The van der Waals surface area contributed by atoms with Crippen LogP contribution in [-0.4, -0.2) is 23.5 Å². The molecule has 0 radical (unpaired) electrons. The van der Waals surface area contributed by atoms with Gasteiger partial charge in [0.25, 0.3) is 0 Å². The Kier molecular flexibility index (Phi) is 6.73. The second-order valence-corrected chi connectivity index (χ2v) is 4.27. The summed E-state index contributed by atoms with van der Waals surface area (Å²) in [6, 6.07) is 0.650. The van der Waals surface area contributed by atoms with Crippen molar-refractivity contribution < 1.29 is 0 Å². The van der Waals surface area contributed by atoms with E-state index in [1.807, 2.05) is 0 Å². The van der Waals surface area contributed by atoms with E-state index in [0.29, 0.717) is 11.6 Å². The van der Waals surface area contributed by atoms with E-state index in [1.54, 1.807) is 0 Å². The highest BCUT2D eigenvalue weighted by molar-refractivity contribution is 4.80. The summed E-state index contributed by atoms with van der Waals surface area (Å²) in [5, 5.41) is 0. The van der Waals surface area contributed by atoms with Crippen LogP contribution >= 0.6 is 0 Å².